The lowest BCUT2D eigenvalue weighted by Crippen LogP contribution is -2.52. The Morgan fingerprint density at radius 1 is 0.946 bits per heavy atom. The van der Waals surface area contributed by atoms with Crippen LogP contribution < -0.4 is 4.72 Å². The molecule has 1 N–H and O–H groups in total. The zero-order valence-electron chi connectivity index (χ0n) is 22.9. The maximum Gasteiger partial charge on any atom is 0.337 e. The highest BCUT2D eigenvalue weighted by Gasteiger charge is 2.59. The molecule has 8 atom stereocenters. The third-order valence-electron chi connectivity index (χ3n) is 11.4. The monoisotopic (exact) mass is 527 g/mol. The van der Waals surface area contributed by atoms with E-state index < -0.39 is 17.0 Å². The van der Waals surface area contributed by atoms with Gasteiger partial charge in [-0.25, -0.2) is 9.00 Å². The predicted octanol–water partition coefficient (Wildman–Crippen LogP) is 6.83. The van der Waals surface area contributed by atoms with Crippen molar-refractivity contribution >= 4 is 22.9 Å². The van der Waals surface area contributed by atoms with Crippen molar-refractivity contribution in [3.8, 4) is 0 Å². The van der Waals surface area contributed by atoms with Crippen LogP contribution in [0.4, 0.5) is 0 Å². The van der Waals surface area contributed by atoms with Gasteiger partial charge in [-0.1, -0.05) is 26.7 Å². The van der Waals surface area contributed by atoms with Crippen LogP contribution in [0.2, 0.25) is 0 Å². The minimum atomic E-state index is -1.62. The van der Waals surface area contributed by atoms with Crippen molar-refractivity contribution < 1.29 is 18.5 Å². The first-order valence-corrected chi connectivity index (χ1v) is 15.8. The standard InChI is InChI=1S/C31H45NO4S/c1-30-19-5-4-7-22(30)12-16-25-26-17-13-23(31(26,2)20-18-27(25)30)8-6-9-28(33)32-37(35)24-14-10-21(11-15-24)29(34)36-3/h10-11,14-15,22-23,25-27H,4-9,12-13,16-20H2,1-3H3,(H,32,33). The van der Waals surface area contributed by atoms with Gasteiger partial charge in [-0.05, 0) is 129 Å². The van der Waals surface area contributed by atoms with Gasteiger partial charge >= 0.3 is 5.97 Å². The number of carbonyl (C=O) groups excluding carboxylic acids is 2. The minimum Gasteiger partial charge on any atom is -0.465 e. The van der Waals surface area contributed by atoms with E-state index in [1.807, 2.05) is 0 Å². The fraction of sp³-hybridized carbons (Fsp3) is 0.742. The van der Waals surface area contributed by atoms with Crippen molar-refractivity contribution in [1.82, 2.24) is 4.72 Å². The Morgan fingerprint density at radius 3 is 2.46 bits per heavy atom. The first-order valence-electron chi connectivity index (χ1n) is 14.7. The van der Waals surface area contributed by atoms with Crippen molar-refractivity contribution in [3.63, 3.8) is 0 Å². The molecule has 4 fully saturated rings. The van der Waals surface area contributed by atoms with Crippen LogP contribution in [-0.2, 0) is 20.5 Å². The van der Waals surface area contributed by atoms with E-state index in [9.17, 15) is 13.8 Å². The van der Waals surface area contributed by atoms with Crippen LogP contribution in [0.3, 0.4) is 0 Å². The Kier molecular flexibility index (Phi) is 7.87. The van der Waals surface area contributed by atoms with E-state index in [-0.39, 0.29) is 5.91 Å². The van der Waals surface area contributed by atoms with Gasteiger partial charge < -0.3 is 4.74 Å². The Balaban J connectivity index is 1.12. The zero-order chi connectivity index (χ0) is 26.2. The fourth-order valence-corrected chi connectivity index (χ4v) is 10.2. The zero-order valence-corrected chi connectivity index (χ0v) is 23.7. The average Bonchev–Trinajstić information content (AvgIpc) is 3.24. The molecule has 204 valence electrons. The molecule has 1 aromatic rings. The molecule has 0 aliphatic heterocycles. The maximum absolute atomic E-state index is 12.6. The first kappa shape index (κ1) is 26.9. The summed E-state index contributed by atoms with van der Waals surface area (Å²) in [5, 5.41) is 0. The molecular formula is C31H45NO4S. The van der Waals surface area contributed by atoms with Crippen molar-refractivity contribution in [1.29, 1.82) is 0 Å². The molecule has 5 rings (SSSR count). The fourth-order valence-electron chi connectivity index (χ4n) is 9.43. The van der Waals surface area contributed by atoms with Gasteiger partial charge in [-0.2, -0.15) is 0 Å². The van der Waals surface area contributed by atoms with E-state index >= 15 is 0 Å². The molecule has 6 heteroatoms. The lowest BCUT2D eigenvalue weighted by Gasteiger charge is -2.60. The summed E-state index contributed by atoms with van der Waals surface area (Å²) in [6, 6.07) is 6.33. The van der Waals surface area contributed by atoms with Crippen molar-refractivity contribution in [2.75, 3.05) is 7.11 Å². The van der Waals surface area contributed by atoms with Crippen LogP contribution in [-0.4, -0.2) is 23.2 Å². The largest absolute Gasteiger partial charge is 0.465 e. The molecule has 37 heavy (non-hydrogen) atoms. The third-order valence-corrected chi connectivity index (χ3v) is 12.5. The maximum atomic E-state index is 12.6. The van der Waals surface area contributed by atoms with Gasteiger partial charge in [0, 0.05) is 6.42 Å². The SMILES string of the molecule is COC(=O)c1ccc(S(=O)NC(=O)CCCC2CCC3C4CCC5CCCCC5(C)C4CCC23C)cc1. The van der Waals surface area contributed by atoms with Crippen LogP contribution in [0, 0.1) is 40.4 Å². The molecule has 4 aliphatic rings. The molecule has 0 bridgehead atoms. The highest BCUT2D eigenvalue weighted by atomic mass is 32.2. The van der Waals surface area contributed by atoms with Gasteiger partial charge in [-0.3, -0.25) is 9.52 Å². The minimum absolute atomic E-state index is 0.165. The average molecular weight is 528 g/mol. The van der Waals surface area contributed by atoms with Gasteiger partial charge in [0.15, 0.2) is 11.0 Å². The molecule has 8 unspecified atom stereocenters. The topological polar surface area (TPSA) is 72.5 Å². The quantitative estimate of drug-likeness (QED) is 0.394. The van der Waals surface area contributed by atoms with Crippen LogP contribution in [0.1, 0.15) is 108 Å². The van der Waals surface area contributed by atoms with E-state index in [1.54, 1.807) is 24.3 Å². The number of rotatable bonds is 7. The summed E-state index contributed by atoms with van der Waals surface area (Å²) in [6.07, 6.45) is 16.5. The van der Waals surface area contributed by atoms with E-state index in [2.05, 4.69) is 18.6 Å². The summed E-state index contributed by atoms with van der Waals surface area (Å²) in [6.45, 7) is 5.23. The summed E-state index contributed by atoms with van der Waals surface area (Å²) in [5.41, 5.74) is 1.42. The number of methoxy groups -OCH3 is 1. The van der Waals surface area contributed by atoms with Gasteiger partial charge in [0.2, 0.25) is 5.91 Å². The first-order chi connectivity index (χ1) is 17.8. The number of hydrogen-bond acceptors (Lipinski definition) is 4. The predicted molar refractivity (Wildman–Crippen MR) is 146 cm³/mol. The smallest absolute Gasteiger partial charge is 0.337 e. The third kappa shape index (κ3) is 5.04. The normalized spacial score (nSPS) is 37.5. The molecule has 0 spiro atoms. The lowest BCUT2D eigenvalue weighted by molar-refractivity contribution is -0.119. The number of hydrogen-bond donors (Lipinski definition) is 1. The summed E-state index contributed by atoms with van der Waals surface area (Å²) in [4.78, 5) is 24.6. The number of carbonyl (C=O) groups is 2. The van der Waals surface area contributed by atoms with Crippen molar-refractivity contribution in [2.45, 2.75) is 102 Å². The Labute approximate surface area is 225 Å². The molecular weight excluding hydrogens is 482 g/mol. The summed E-state index contributed by atoms with van der Waals surface area (Å²) in [5.74, 6) is 3.80. The van der Waals surface area contributed by atoms with Gasteiger partial charge in [0.1, 0.15) is 0 Å². The molecule has 0 aromatic heterocycles. The number of benzene rings is 1. The van der Waals surface area contributed by atoms with Crippen LogP contribution in [0.25, 0.3) is 0 Å². The highest BCUT2D eigenvalue weighted by molar-refractivity contribution is 7.83. The Bertz CT molecular complexity index is 1020. The molecule has 1 aromatic carbocycles. The van der Waals surface area contributed by atoms with E-state index in [0.717, 1.165) is 36.5 Å². The summed E-state index contributed by atoms with van der Waals surface area (Å²) in [7, 11) is -0.294. The van der Waals surface area contributed by atoms with Gasteiger partial charge in [-0.15, -0.1) is 0 Å². The van der Waals surface area contributed by atoms with Crippen molar-refractivity contribution in [3.05, 3.63) is 29.8 Å². The van der Waals surface area contributed by atoms with E-state index in [0.29, 0.717) is 33.6 Å². The van der Waals surface area contributed by atoms with E-state index in [1.165, 1.54) is 71.3 Å². The molecule has 5 nitrogen and oxygen atoms in total. The van der Waals surface area contributed by atoms with Crippen molar-refractivity contribution in [2.24, 2.45) is 40.4 Å². The second kappa shape index (κ2) is 10.8. The molecule has 0 saturated heterocycles. The molecule has 0 heterocycles. The number of ether oxygens (including phenoxy) is 1. The highest BCUT2D eigenvalue weighted by Crippen LogP contribution is 2.67. The van der Waals surface area contributed by atoms with E-state index in [4.69, 9.17) is 4.74 Å². The number of nitrogens with one attached hydrogen (secondary N) is 1. The Morgan fingerprint density at radius 2 is 1.70 bits per heavy atom. The molecule has 1 amide bonds. The summed E-state index contributed by atoms with van der Waals surface area (Å²) >= 11 is 0. The summed E-state index contributed by atoms with van der Waals surface area (Å²) < 4.78 is 19.9. The second-order valence-electron chi connectivity index (χ2n) is 12.9. The van der Waals surface area contributed by atoms with Crippen LogP contribution >= 0.6 is 0 Å². The number of amides is 1. The van der Waals surface area contributed by atoms with Gasteiger partial charge in [0.25, 0.3) is 0 Å². The second-order valence-corrected chi connectivity index (χ2v) is 14.1. The lowest BCUT2D eigenvalue weighted by atomic mass is 9.45. The molecule has 0 radical (unpaired) electrons. The van der Waals surface area contributed by atoms with Gasteiger partial charge in [0.05, 0.1) is 17.6 Å². The van der Waals surface area contributed by atoms with Crippen LogP contribution in [0.15, 0.2) is 29.2 Å². The number of fused-ring (bicyclic) bond motifs is 5. The Hall–Kier alpha value is -1.69. The molecule has 4 saturated carbocycles. The number of esters is 1. The van der Waals surface area contributed by atoms with Crippen LogP contribution in [0.5, 0.6) is 0 Å². The molecule has 4 aliphatic carbocycles.